The Balaban J connectivity index is 2.18. The zero-order chi connectivity index (χ0) is 12.3. The molecule has 1 saturated heterocycles. The van der Waals surface area contributed by atoms with Crippen LogP contribution in [0.5, 0.6) is 5.75 Å². The predicted octanol–water partition coefficient (Wildman–Crippen LogP) is 2.87. The predicted molar refractivity (Wildman–Crippen MR) is 71.5 cm³/mol. The summed E-state index contributed by atoms with van der Waals surface area (Å²) in [7, 11) is 1.76. The van der Waals surface area contributed by atoms with Crippen molar-refractivity contribution in [2.75, 3.05) is 20.2 Å². The minimum Gasteiger partial charge on any atom is -0.496 e. The maximum Gasteiger partial charge on any atom is 0.122 e. The van der Waals surface area contributed by atoms with Crippen LogP contribution in [0.15, 0.2) is 24.3 Å². The molecule has 2 nitrogen and oxygen atoms in total. The van der Waals surface area contributed by atoms with E-state index < -0.39 is 0 Å². The zero-order valence-electron chi connectivity index (χ0n) is 11.1. The normalized spacial score (nSPS) is 29.0. The number of piperidine rings is 1. The van der Waals surface area contributed by atoms with Gasteiger partial charge < -0.3 is 10.1 Å². The lowest BCUT2D eigenvalue weighted by Crippen LogP contribution is -2.43. The summed E-state index contributed by atoms with van der Waals surface area (Å²) in [5.41, 5.74) is 1.73. The third-order valence-corrected chi connectivity index (χ3v) is 4.30. The lowest BCUT2D eigenvalue weighted by molar-refractivity contribution is 0.143. The van der Waals surface area contributed by atoms with Gasteiger partial charge in [0.2, 0.25) is 0 Å². The van der Waals surface area contributed by atoms with Crippen LogP contribution >= 0.6 is 0 Å². The Labute approximate surface area is 104 Å². The molecule has 0 radical (unpaired) electrons. The Morgan fingerprint density at radius 3 is 2.88 bits per heavy atom. The quantitative estimate of drug-likeness (QED) is 0.866. The van der Waals surface area contributed by atoms with Crippen LogP contribution in [0.1, 0.15) is 25.8 Å². The number of rotatable bonds is 3. The fourth-order valence-corrected chi connectivity index (χ4v) is 2.73. The molecule has 2 heteroatoms. The van der Waals surface area contributed by atoms with E-state index in [0.29, 0.717) is 11.3 Å². The highest BCUT2D eigenvalue weighted by atomic mass is 16.5. The van der Waals surface area contributed by atoms with Crippen LogP contribution in [0, 0.1) is 11.3 Å². The number of hydrogen-bond donors (Lipinski definition) is 1. The molecule has 0 spiro atoms. The fraction of sp³-hybridized carbons (Fsp3) is 0.600. The average Bonchev–Trinajstić information content (AvgIpc) is 2.34. The van der Waals surface area contributed by atoms with Gasteiger partial charge in [-0.1, -0.05) is 32.0 Å². The van der Waals surface area contributed by atoms with E-state index in [1.807, 2.05) is 6.07 Å². The number of nitrogens with one attached hydrogen (secondary N) is 1. The SMILES string of the molecule is COc1ccccc1CC1(C)CCNCC1C. The van der Waals surface area contributed by atoms with Gasteiger partial charge in [0, 0.05) is 0 Å². The number of methoxy groups -OCH3 is 1. The van der Waals surface area contributed by atoms with Crippen molar-refractivity contribution in [2.24, 2.45) is 11.3 Å². The van der Waals surface area contributed by atoms with Gasteiger partial charge >= 0.3 is 0 Å². The summed E-state index contributed by atoms with van der Waals surface area (Å²) in [5.74, 6) is 1.74. The molecule has 1 aromatic carbocycles. The molecule has 0 aromatic heterocycles. The van der Waals surface area contributed by atoms with Crippen LogP contribution in [0.3, 0.4) is 0 Å². The van der Waals surface area contributed by atoms with E-state index in [2.05, 4.69) is 37.4 Å². The van der Waals surface area contributed by atoms with E-state index in [4.69, 9.17) is 4.74 Å². The summed E-state index contributed by atoms with van der Waals surface area (Å²) in [5, 5.41) is 3.47. The Kier molecular flexibility index (Phi) is 3.72. The largest absolute Gasteiger partial charge is 0.496 e. The second kappa shape index (κ2) is 5.09. The summed E-state index contributed by atoms with van der Waals surface area (Å²) < 4.78 is 5.45. The molecule has 2 atom stereocenters. The molecule has 17 heavy (non-hydrogen) atoms. The lowest BCUT2D eigenvalue weighted by atomic mass is 9.69. The monoisotopic (exact) mass is 233 g/mol. The summed E-state index contributed by atoms with van der Waals surface area (Å²) in [6.45, 7) is 7.02. The number of hydrogen-bond acceptors (Lipinski definition) is 2. The highest BCUT2D eigenvalue weighted by Gasteiger charge is 2.34. The maximum absolute atomic E-state index is 5.45. The number of benzene rings is 1. The van der Waals surface area contributed by atoms with Crippen LogP contribution in [0.25, 0.3) is 0 Å². The van der Waals surface area contributed by atoms with Crippen LogP contribution in [-0.4, -0.2) is 20.2 Å². The number of para-hydroxylation sites is 1. The molecule has 0 aliphatic carbocycles. The van der Waals surface area contributed by atoms with Crippen molar-refractivity contribution in [1.82, 2.24) is 5.32 Å². The van der Waals surface area contributed by atoms with Gasteiger partial charge in [-0.3, -0.25) is 0 Å². The van der Waals surface area contributed by atoms with Crippen molar-refractivity contribution in [3.63, 3.8) is 0 Å². The van der Waals surface area contributed by atoms with Gasteiger partial charge in [0.1, 0.15) is 5.75 Å². The highest BCUT2D eigenvalue weighted by Crippen LogP contribution is 2.38. The molecule has 2 rings (SSSR count). The van der Waals surface area contributed by atoms with E-state index in [1.165, 1.54) is 12.0 Å². The van der Waals surface area contributed by atoms with E-state index in [9.17, 15) is 0 Å². The molecule has 1 heterocycles. The van der Waals surface area contributed by atoms with Crippen LogP contribution < -0.4 is 10.1 Å². The Morgan fingerprint density at radius 1 is 1.41 bits per heavy atom. The van der Waals surface area contributed by atoms with Crippen molar-refractivity contribution in [1.29, 1.82) is 0 Å². The molecular weight excluding hydrogens is 210 g/mol. The molecule has 94 valence electrons. The maximum atomic E-state index is 5.45. The molecule has 0 amide bonds. The Bertz CT molecular complexity index is 377. The van der Waals surface area contributed by atoms with Crippen LogP contribution in [0.2, 0.25) is 0 Å². The molecule has 0 saturated carbocycles. The zero-order valence-corrected chi connectivity index (χ0v) is 11.1. The fourth-order valence-electron chi connectivity index (χ4n) is 2.73. The average molecular weight is 233 g/mol. The molecule has 2 unspecified atom stereocenters. The van der Waals surface area contributed by atoms with Gasteiger partial charge in [0.05, 0.1) is 7.11 Å². The first-order chi connectivity index (χ1) is 8.15. The molecule has 1 fully saturated rings. The van der Waals surface area contributed by atoms with Crippen molar-refractivity contribution in [3.8, 4) is 5.75 Å². The lowest BCUT2D eigenvalue weighted by Gasteiger charge is -2.40. The third kappa shape index (κ3) is 2.63. The second-order valence-corrected chi connectivity index (χ2v) is 5.50. The Hall–Kier alpha value is -1.02. The van der Waals surface area contributed by atoms with Gasteiger partial charge in [-0.25, -0.2) is 0 Å². The smallest absolute Gasteiger partial charge is 0.122 e. The minimum absolute atomic E-state index is 0.389. The second-order valence-electron chi connectivity index (χ2n) is 5.50. The Morgan fingerprint density at radius 2 is 2.18 bits per heavy atom. The van der Waals surface area contributed by atoms with Crippen molar-refractivity contribution < 1.29 is 4.74 Å². The van der Waals surface area contributed by atoms with Gasteiger partial charge in [0.25, 0.3) is 0 Å². The van der Waals surface area contributed by atoms with Crippen molar-refractivity contribution in [3.05, 3.63) is 29.8 Å². The highest BCUT2D eigenvalue weighted by molar-refractivity contribution is 5.34. The molecule has 1 aromatic rings. The molecular formula is C15H23NO. The van der Waals surface area contributed by atoms with Crippen LogP contribution in [0.4, 0.5) is 0 Å². The summed E-state index contributed by atoms with van der Waals surface area (Å²) in [6.07, 6.45) is 2.35. The van der Waals surface area contributed by atoms with Crippen molar-refractivity contribution in [2.45, 2.75) is 26.7 Å². The summed E-state index contributed by atoms with van der Waals surface area (Å²) in [6, 6.07) is 8.40. The van der Waals surface area contributed by atoms with Gasteiger partial charge in [-0.2, -0.15) is 0 Å². The molecule has 1 aliphatic rings. The standard InChI is InChI=1S/C15H23NO/c1-12-11-16-9-8-15(12,2)10-13-6-4-5-7-14(13)17-3/h4-7,12,16H,8-11H2,1-3H3. The van der Waals surface area contributed by atoms with E-state index in [-0.39, 0.29) is 0 Å². The van der Waals surface area contributed by atoms with Crippen LogP contribution in [-0.2, 0) is 6.42 Å². The first-order valence-electron chi connectivity index (χ1n) is 6.48. The van der Waals surface area contributed by atoms with E-state index in [1.54, 1.807) is 7.11 Å². The molecule has 0 bridgehead atoms. The molecule has 1 N–H and O–H groups in total. The minimum atomic E-state index is 0.389. The third-order valence-electron chi connectivity index (χ3n) is 4.30. The summed E-state index contributed by atoms with van der Waals surface area (Å²) >= 11 is 0. The molecule has 1 aliphatic heterocycles. The van der Waals surface area contributed by atoms with Crippen molar-refractivity contribution >= 4 is 0 Å². The van der Waals surface area contributed by atoms with Gasteiger partial charge in [-0.15, -0.1) is 0 Å². The topological polar surface area (TPSA) is 21.3 Å². The first-order valence-corrected chi connectivity index (χ1v) is 6.48. The van der Waals surface area contributed by atoms with Gasteiger partial charge in [-0.05, 0) is 48.9 Å². The first kappa shape index (κ1) is 12.4. The summed E-state index contributed by atoms with van der Waals surface area (Å²) in [4.78, 5) is 0. The van der Waals surface area contributed by atoms with E-state index in [0.717, 1.165) is 25.3 Å². The van der Waals surface area contributed by atoms with Gasteiger partial charge in [0.15, 0.2) is 0 Å². The number of ether oxygens (including phenoxy) is 1. The van der Waals surface area contributed by atoms with E-state index >= 15 is 0 Å².